The molecule has 1 saturated carbocycles. The van der Waals surface area contributed by atoms with Crippen molar-refractivity contribution in [1.29, 1.82) is 0 Å². The number of hydrogen-bond acceptors (Lipinski definition) is 4. The first-order valence-corrected chi connectivity index (χ1v) is 7.38. The summed E-state index contributed by atoms with van der Waals surface area (Å²) in [6.45, 7) is 2.08. The summed E-state index contributed by atoms with van der Waals surface area (Å²) >= 11 is 1.73. The molecule has 4 N–H and O–H groups in total. The van der Waals surface area contributed by atoms with Crippen LogP contribution in [0.1, 0.15) is 39.0 Å². The first-order valence-electron chi connectivity index (χ1n) is 6.33. The zero-order chi connectivity index (χ0) is 12.0. The second-order valence-corrected chi connectivity index (χ2v) is 6.11. The summed E-state index contributed by atoms with van der Waals surface area (Å²) in [5.74, 6) is 1.42. The standard InChI is InChI=1S/C12H25NO2S/c1-2-3-9-4-5-11(13)12(6-9)16-8-10(15)7-14/h9-12,14-15H,2-8,13H2,1H3. The minimum Gasteiger partial charge on any atom is -0.394 e. The third-order valence-corrected chi connectivity index (χ3v) is 4.91. The average Bonchev–Trinajstić information content (AvgIpc) is 2.29. The van der Waals surface area contributed by atoms with Crippen molar-refractivity contribution in [3.8, 4) is 0 Å². The molecule has 16 heavy (non-hydrogen) atoms. The van der Waals surface area contributed by atoms with E-state index in [0.717, 1.165) is 12.3 Å². The van der Waals surface area contributed by atoms with Gasteiger partial charge in [0, 0.05) is 17.0 Å². The predicted molar refractivity (Wildman–Crippen MR) is 69.6 cm³/mol. The number of rotatable bonds is 6. The maximum atomic E-state index is 9.33. The smallest absolute Gasteiger partial charge is 0.0861 e. The molecule has 1 aliphatic rings. The molecule has 96 valence electrons. The van der Waals surface area contributed by atoms with Crippen LogP contribution < -0.4 is 5.73 Å². The van der Waals surface area contributed by atoms with Crippen molar-refractivity contribution in [3.63, 3.8) is 0 Å². The number of nitrogens with two attached hydrogens (primary N) is 1. The van der Waals surface area contributed by atoms with Gasteiger partial charge < -0.3 is 15.9 Å². The Labute approximate surface area is 103 Å². The summed E-state index contributed by atoms with van der Waals surface area (Å²) in [6, 6.07) is 0.268. The number of hydrogen-bond donors (Lipinski definition) is 3. The van der Waals surface area contributed by atoms with E-state index in [9.17, 15) is 5.11 Å². The molecule has 1 fully saturated rings. The molecule has 4 atom stereocenters. The molecule has 0 heterocycles. The van der Waals surface area contributed by atoms with Gasteiger partial charge in [-0.1, -0.05) is 19.8 Å². The molecular weight excluding hydrogens is 222 g/mol. The second kappa shape index (κ2) is 7.54. The third kappa shape index (κ3) is 4.62. The van der Waals surface area contributed by atoms with E-state index in [1.807, 2.05) is 0 Å². The minimum atomic E-state index is -0.594. The van der Waals surface area contributed by atoms with Gasteiger partial charge in [-0.15, -0.1) is 0 Å². The fraction of sp³-hybridized carbons (Fsp3) is 1.00. The van der Waals surface area contributed by atoms with E-state index >= 15 is 0 Å². The summed E-state index contributed by atoms with van der Waals surface area (Å²) in [6.07, 6.45) is 5.50. The molecule has 0 aliphatic heterocycles. The van der Waals surface area contributed by atoms with Crippen LogP contribution in [0.5, 0.6) is 0 Å². The van der Waals surface area contributed by atoms with Gasteiger partial charge in [-0.05, 0) is 25.2 Å². The molecule has 1 aliphatic carbocycles. The van der Waals surface area contributed by atoms with Crippen LogP contribution in [-0.4, -0.2) is 40.0 Å². The van der Waals surface area contributed by atoms with Crippen LogP contribution in [0.3, 0.4) is 0 Å². The topological polar surface area (TPSA) is 66.5 Å². The molecule has 0 aromatic rings. The molecular formula is C12H25NO2S. The summed E-state index contributed by atoms with van der Waals surface area (Å²) in [7, 11) is 0. The summed E-state index contributed by atoms with van der Waals surface area (Å²) in [4.78, 5) is 0. The van der Waals surface area contributed by atoms with Gasteiger partial charge in [-0.2, -0.15) is 11.8 Å². The van der Waals surface area contributed by atoms with Crippen LogP contribution in [0.15, 0.2) is 0 Å². The van der Waals surface area contributed by atoms with Crippen LogP contribution in [0.4, 0.5) is 0 Å². The predicted octanol–water partition coefficient (Wildman–Crippen LogP) is 1.37. The first-order chi connectivity index (χ1) is 7.67. The molecule has 1 rings (SSSR count). The lowest BCUT2D eigenvalue weighted by atomic mass is 9.83. The van der Waals surface area contributed by atoms with E-state index in [2.05, 4.69) is 6.92 Å². The van der Waals surface area contributed by atoms with Gasteiger partial charge in [0.05, 0.1) is 12.7 Å². The van der Waals surface area contributed by atoms with Crippen molar-refractivity contribution >= 4 is 11.8 Å². The minimum absolute atomic E-state index is 0.145. The van der Waals surface area contributed by atoms with E-state index in [-0.39, 0.29) is 12.6 Å². The fourth-order valence-electron chi connectivity index (χ4n) is 2.38. The average molecular weight is 247 g/mol. The van der Waals surface area contributed by atoms with Gasteiger partial charge in [0.15, 0.2) is 0 Å². The van der Waals surface area contributed by atoms with E-state index in [0.29, 0.717) is 11.0 Å². The molecule has 0 radical (unpaired) electrons. The van der Waals surface area contributed by atoms with Crippen molar-refractivity contribution in [1.82, 2.24) is 0 Å². The number of aliphatic hydroxyl groups excluding tert-OH is 2. The lowest BCUT2D eigenvalue weighted by Gasteiger charge is -2.34. The normalized spacial score (nSPS) is 32.6. The maximum absolute atomic E-state index is 9.33. The van der Waals surface area contributed by atoms with Crippen molar-refractivity contribution < 1.29 is 10.2 Å². The first kappa shape index (κ1) is 14.3. The summed E-state index contributed by atoms with van der Waals surface area (Å²) in [5.41, 5.74) is 6.10. The fourth-order valence-corrected chi connectivity index (χ4v) is 3.75. The molecule has 0 spiro atoms. The molecule has 0 aromatic heterocycles. The van der Waals surface area contributed by atoms with Crippen LogP contribution in [0.25, 0.3) is 0 Å². The largest absolute Gasteiger partial charge is 0.394 e. The monoisotopic (exact) mass is 247 g/mol. The Kier molecular flexibility index (Phi) is 6.73. The van der Waals surface area contributed by atoms with Crippen molar-refractivity contribution in [3.05, 3.63) is 0 Å². The van der Waals surface area contributed by atoms with Gasteiger partial charge >= 0.3 is 0 Å². The Bertz CT molecular complexity index is 192. The van der Waals surface area contributed by atoms with E-state index < -0.39 is 6.10 Å². The zero-order valence-corrected chi connectivity index (χ0v) is 11.0. The SMILES string of the molecule is CCCC1CCC(N)C(SCC(O)CO)C1. The highest BCUT2D eigenvalue weighted by atomic mass is 32.2. The van der Waals surface area contributed by atoms with Crippen LogP contribution in [0.2, 0.25) is 0 Å². The summed E-state index contributed by atoms with van der Waals surface area (Å²) in [5, 5.41) is 18.6. The van der Waals surface area contributed by atoms with Crippen molar-refractivity contribution in [2.45, 2.75) is 56.4 Å². The zero-order valence-electron chi connectivity index (χ0n) is 10.1. The molecule has 0 aromatic carbocycles. The van der Waals surface area contributed by atoms with Crippen LogP contribution >= 0.6 is 11.8 Å². The van der Waals surface area contributed by atoms with Gasteiger partial charge in [0.2, 0.25) is 0 Å². The lowest BCUT2D eigenvalue weighted by Crippen LogP contribution is -2.39. The Hall–Kier alpha value is 0.230. The molecule has 0 saturated heterocycles. The molecule has 4 unspecified atom stereocenters. The van der Waals surface area contributed by atoms with Crippen LogP contribution in [-0.2, 0) is 0 Å². The number of aliphatic hydroxyl groups is 2. The quantitative estimate of drug-likeness (QED) is 0.663. The second-order valence-electron chi connectivity index (χ2n) is 4.84. The van der Waals surface area contributed by atoms with Crippen molar-refractivity contribution in [2.75, 3.05) is 12.4 Å². The Morgan fingerprint density at radius 3 is 2.81 bits per heavy atom. The van der Waals surface area contributed by atoms with E-state index in [4.69, 9.17) is 10.8 Å². The van der Waals surface area contributed by atoms with Crippen molar-refractivity contribution in [2.24, 2.45) is 11.7 Å². The van der Waals surface area contributed by atoms with Gasteiger partial charge in [-0.25, -0.2) is 0 Å². The highest BCUT2D eigenvalue weighted by molar-refractivity contribution is 8.00. The molecule has 3 nitrogen and oxygen atoms in total. The van der Waals surface area contributed by atoms with E-state index in [1.54, 1.807) is 11.8 Å². The Morgan fingerprint density at radius 2 is 2.19 bits per heavy atom. The Balaban J connectivity index is 2.31. The summed E-state index contributed by atoms with van der Waals surface area (Å²) < 4.78 is 0. The molecule has 4 heteroatoms. The molecule has 0 amide bonds. The third-order valence-electron chi connectivity index (χ3n) is 3.36. The van der Waals surface area contributed by atoms with Gasteiger partial charge in [0.1, 0.15) is 0 Å². The van der Waals surface area contributed by atoms with E-state index in [1.165, 1.54) is 25.7 Å². The maximum Gasteiger partial charge on any atom is 0.0861 e. The highest BCUT2D eigenvalue weighted by Gasteiger charge is 2.28. The number of thioether (sulfide) groups is 1. The van der Waals surface area contributed by atoms with Gasteiger partial charge in [0.25, 0.3) is 0 Å². The van der Waals surface area contributed by atoms with Gasteiger partial charge in [-0.3, -0.25) is 0 Å². The Morgan fingerprint density at radius 1 is 1.44 bits per heavy atom. The lowest BCUT2D eigenvalue weighted by molar-refractivity contribution is 0.113. The molecule has 0 bridgehead atoms. The highest BCUT2D eigenvalue weighted by Crippen LogP contribution is 2.34. The van der Waals surface area contributed by atoms with Crippen LogP contribution in [0, 0.1) is 5.92 Å².